The van der Waals surface area contributed by atoms with Crippen molar-refractivity contribution >= 4 is 35.1 Å². The fraction of sp³-hybridized carbons (Fsp3) is 0.160. The van der Waals surface area contributed by atoms with Gasteiger partial charge in [-0.25, -0.2) is 4.39 Å². The number of aromatic nitrogens is 3. The quantitative estimate of drug-likeness (QED) is 0.258. The van der Waals surface area contributed by atoms with Crippen molar-refractivity contribution in [3.8, 4) is 0 Å². The van der Waals surface area contributed by atoms with E-state index in [1.165, 1.54) is 23.9 Å². The van der Waals surface area contributed by atoms with E-state index in [0.717, 1.165) is 10.4 Å². The normalized spacial score (nSPS) is 12.2. The van der Waals surface area contributed by atoms with Gasteiger partial charge in [0.2, 0.25) is 5.91 Å². The summed E-state index contributed by atoms with van der Waals surface area (Å²) in [4.78, 5) is 13.7. The van der Waals surface area contributed by atoms with Crippen molar-refractivity contribution in [1.29, 1.82) is 0 Å². The Morgan fingerprint density at radius 2 is 1.91 bits per heavy atom. The maximum absolute atomic E-state index is 14.0. The van der Waals surface area contributed by atoms with Gasteiger partial charge < -0.3 is 9.88 Å². The number of halogens is 1. The molecule has 0 saturated heterocycles. The molecule has 1 amide bonds. The minimum absolute atomic E-state index is 0.201. The van der Waals surface area contributed by atoms with Gasteiger partial charge in [-0.2, -0.15) is 0 Å². The SMILES string of the molecule is Cn1c(SCc2ccccc2F)nnc1C(Cc1ccccc1)NC(=O)/C=C/c1cccs1. The first-order valence-corrected chi connectivity index (χ1v) is 12.3. The molecule has 2 aromatic heterocycles. The highest BCUT2D eigenvalue weighted by Crippen LogP contribution is 2.25. The van der Waals surface area contributed by atoms with Gasteiger partial charge in [-0.15, -0.1) is 21.5 Å². The highest BCUT2D eigenvalue weighted by Gasteiger charge is 2.22. The van der Waals surface area contributed by atoms with E-state index < -0.39 is 0 Å². The topological polar surface area (TPSA) is 59.8 Å². The number of thioether (sulfide) groups is 1. The van der Waals surface area contributed by atoms with Gasteiger partial charge in [-0.3, -0.25) is 4.79 Å². The van der Waals surface area contributed by atoms with Crippen molar-refractivity contribution in [2.75, 3.05) is 0 Å². The van der Waals surface area contributed by atoms with Crippen molar-refractivity contribution in [3.63, 3.8) is 0 Å². The highest BCUT2D eigenvalue weighted by atomic mass is 32.2. The largest absolute Gasteiger partial charge is 0.342 e. The summed E-state index contributed by atoms with van der Waals surface area (Å²) < 4.78 is 15.8. The molecule has 2 heterocycles. The number of benzene rings is 2. The van der Waals surface area contributed by atoms with Crippen LogP contribution in [0.25, 0.3) is 6.08 Å². The lowest BCUT2D eigenvalue weighted by Crippen LogP contribution is -2.30. The Morgan fingerprint density at radius 3 is 2.67 bits per heavy atom. The summed E-state index contributed by atoms with van der Waals surface area (Å²) in [6, 6.07) is 20.2. The van der Waals surface area contributed by atoms with Crippen LogP contribution in [-0.4, -0.2) is 20.7 Å². The third kappa shape index (κ3) is 6.18. The standard InChI is InChI=1S/C25H23FN4OS2/c1-30-24(28-29-25(30)33-17-19-10-5-6-12-21(19)26)22(16-18-8-3-2-4-9-18)27-23(31)14-13-20-11-7-15-32-20/h2-15,22H,16-17H2,1H3,(H,27,31)/b14-13+. The van der Waals surface area contributed by atoms with Gasteiger partial charge in [-0.05, 0) is 41.1 Å². The Labute approximate surface area is 200 Å². The molecule has 8 heteroatoms. The van der Waals surface area contributed by atoms with Gasteiger partial charge in [0.25, 0.3) is 0 Å². The fourth-order valence-corrected chi connectivity index (χ4v) is 4.86. The molecule has 5 nitrogen and oxygen atoms in total. The van der Waals surface area contributed by atoms with Crippen molar-refractivity contribution in [2.24, 2.45) is 7.05 Å². The molecule has 4 aromatic rings. The zero-order valence-corrected chi connectivity index (χ0v) is 19.7. The Hall–Kier alpha value is -3.23. The van der Waals surface area contributed by atoms with Crippen LogP contribution in [0, 0.1) is 5.82 Å². The number of amides is 1. The first kappa shape index (κ1) is 22.9. The molecule has 0 fully saturated rings. The van der Waals surface area contributed by atoms with Crippen LogP contribution in [-0.2, 0) is 24.0 Å². The maximum Gasteiger partial charge on any atom is 0.244 e. The molecule has 0 aliphatic carbocycles. The van der Waals surface area contributed by atoms with Gasteiger partial charge in [0.15, 0.2) is 11.0 Å². The first-order chi connectivity index (χ1) is 16.1. The van der Waals surface area contributed by atoms with Crippen LogP contribution in [0.15, 0.2) is 83.3 Å². The van der Waals surface area contributed by atoms with Gasteiger partial charge in [0, 0.05) is 23.8 Å². The van der Waals surface area contributed by atoms with E-state index in [-0.39, 0.29) is 17.8 Å². The second-order valence-corrected chi connectivity index (χ2v) is 9.30. The van der Waals surface area contributed by atoms with E-state index in [4.69, 9.17) is 0 Å². The van der Waals surface area contributed by atoms with E-state index in [0.29, 0.717) is 28.7 Å². The third-order valence-electron chi connectivity index (χ3n) is 5.04. The van der Waals surface area contributed by atoms with Crippen LogP contribution in [0.1, 0.15) is 27.9 Å². The van der Waals surface area contributed by atoms with Crippen LogP contribution < -0.4 is 5.32 Å². The van der Waals surface area contributed by atoms with Gasteiger partial charge >= 0.3 is 0 Å². The van der Waals surface area contributed by atoms with Crippen LogP contribution >= 0.6 is 23.1 Å². The summed E-state index contributed by atoms with van der Waals surface area (Å²) in [5.41, 5.74) is 1.69. The van der Waals surface area contributed by atoms with Crippen LogP contribution in [0.2, 0.25) is 0 Å². The van der Waals surface area contributed by atoms with Crippen molar-refractivity contribution in [2.45, 2.75) is 23.4 Å². The Balaban J connectivity index is 1.52. The van der Waals surface area contributed by atoms with E-state index in [2.05, 4.69) is 15.5 Å². The summed E-state index contributed by atoms with van der Waals surface area (Å²) >= 11 is 2.98. The number of hydrogen-bond acceptors (Lipinski definition) is 5. The number of carbonyl (C=O) groups is 1. The van der Waals surface area contributed by atoms with E-state index in [1.807, 2.05) is 65.5 Å². The molecular formula is C25H23FN4OS2. The second kappa shape index (κ2) is 11.1. The van der Waals surface area contributed by atoms with E-state index >= 15 is 0 Å². The number of rotatable bonds is 9. The predicted octanol–water partition coefficient (Wildman–Crippen LogP) is 5.42. The maximum atomic E-state index is 14.0. The van der Waals surface area contributed by atoms with Crippen molar-refractivity contribution in [3.05, 3.63) is 106 Å². The molecule has 33 heavy (non-hydrogen) atoms. The zero-order valence-electron chi connectivity index (χ0n) is 18.0. The number of nitrogens with zero attached hydrogens (tertiary/aromatic N) is 3. The summed E-state index contributed by atoms with van der Waals surface area (Å²) in [6.45, 7) is 0. The zero-order chi connectivity index (χ0) is 23.0. The van der Waals surface area contributed by atoms with Crippen molar-refractivity contribution < 1.29 is 9.18 Å². The molecule has 1 N–H and O–H groups in total. The molecule has 0 spiro atoms. The predicted molar refractivity (Wildman–Crippen MR) is 131 cm³/mol. The molecule has 4 rings (SSSR count). The molecule has 0 radical (unpaired) electrons. The summed E-state index contributed by atoms with van der Waals surface area (Å²) in [5.74, 6) is 0.651. The van der Waals surface area contributed by atoms with Gasteiger partial charge in [-0.1, -0.05) is 66.4 Å². The van der Waals surface area contributed by atoms with Crippen LogP contribution in [0.5, 0.6) is 0 Å². The van der Waals surface area contributed by atoms with E-state index in [9.17, 15) is 9.18 Å². The van der Waals surface area contributed by atoms with Crippen molar-refractivity contribution in [1.82, 2.24) is 20.1 Å². The molecule has 0 bridgehead atoms. The summed E-state index contributed by atoms with van der Waals surface area (Å²) in [5, 5.41) is 14.4. The number of hydrogen-bond donors (Lipinski definition) is 1. The number of nitrogens with one attached hydrogen (secondary N) is 1. The summed E-state index contributed by atoms with van der Waals surface area (Å²) in [6.07, 6.45) is 3.91. The lowest BCUT2D eigenvalue weighted by molar-refractivity contribution is -0.117. The average Bonchev–Trinajstić information content (AvgIpc) is 3.47. The lowest BCUT2D eigenvalue weighted by Gasteiger charge is -2.17. The minimum Gasteiger partial charge on any atom is -0.342 e. The Bertz CT molecular complexity index is 1220. The second-order valence-electron chi connectivity index (χ2n) is 7.38. The lowest BCUT2D eigenvalue weighted by atomic mass is 10.1. The third-order valence-corrected chi connectivity index (χ3v) is 6.94. The molecule has 168 valence electrons. The minimum atomic E-state index is -0.367. The monoisotopic (exact) mass is 478 g/mol. The van der Waals surface area contributed by atoms with E-state index in [1.54, 1.807) is 29.5 Å². The molecular weight excluding hydrogens is 455 g/mol. The number of carbonyl (C=O) groups excluding carboxylic acids is 1. The molecule has 0 aliphatic rings. The smallest absolute Gasteiger partial charge is 0.244 e. The average molecular weight is 479 g/mol. The molecule has 0 saturated carbocycles. The highest BCUT2D eigenvalue weighted by molar-refractivity contribution is 7.98. The Kier molecular flexibility index (Phi) is 7.70. The first-order valence-electron chi connectivity index (χ1n) is 10.4. The molecule has 1 atom stereocenters. The summed E-state index contributed by atoms with van der Waals surface area (Å²) in [7, 11) is 1.87. The molecule has 2 aromatic carbocycles. The van der Waals surface area contributed by atoms with Gasteiger partial charge in [0.1, 0.15) is 5.82 Å². The fourth-order valence-electron chi connectivity index (χ4n) is 3.33. The molecule has 0 aliphatic heterocycles. The number of thiophene rings is 1. The van der Waals surface area contributed by atoms with Crippen LogP contribution in [0.4, 0.5) is 4.39 Å². The molecule has 1 unspecified atom stereocenters. The van der Waals surface area contributed by atoms with Crippen LogP contribution in [0.3, 0.4) is 0 Å². The van der Waals surface area contributed by atoms with Gasteiger partial charge in [0.05, 0.1) is 6.04 Å². The Morgan fingerprint density at radius 1 is 1.12 bits per heavy atom.